The number of likely N-dealkylation sites (tertiary alicyclic amines) is 1. The van der Waals surface area contributed by atoms with Gasteiger partial charge in [-0.15, -0.1) is 0 Å². The number of hydrogen-bond donors (Lipinski definition) is 2. The summed E-state index contributed by atoms with van der Waals surface area (Å²) in [5, 5.41) is 10.9. The van der Waals surface area contributed by atoms with Gasteiger partial charge in [-0.3, -0.25) is 23.7 Å². The maximum absolute atomic E-state index is 13.1. The predicted molar refractivity (Wildman–Crippen MR) is 210 cm³/mol. The maximum atomic E-state index is 13.1. The lowest BCUT2D eigenvalue weighted by molar-refractivity contribution is -0.187. The number of methoxy groups -OCH3 is 1. The molecule has 2 aromatic carbocycles. The Labute approximate surface area is 329 Å². The first kappa shape index (κ1) is 39.0. The Morgan fingerprint density at radius 2 is 1.68 bits per heavy atom. The first-order chi connectivity index (χ1) is 26.5. The molecule has 0 atom stereocenters. The monoisotopic (exact) mass is 857 g/mol. The fourth-order valence-electron chi connectivity index (χ4n) is 7.34. The molecule has 2 aliphatic rings. The molecular formula is C36H39BrF3N11O4S. The highest BCUT2D eigenvalue weighted by Crippen LogP contribution is 2.46. The number of anilines is 6. The summed E-state index contributed by atoms with van der Waals surface area (Å²) in [7, 11) is 1.15. The van der Waals surface area contributed by atoms with E-state index in [0.29, 0.717) is 70.1 Å². The highest BCUT2D eigenvalue weighted by molar-refractivity contribution is 9.10. The molecule has 5 aromatic rings. The largest absolute Gasteiger partial charge is 0.494 e. The number of carbonyl (C=O) groups is 1. The number of aromatic nitrogens is 6. The van der Waals surface area contributed by atoms with E-state index in [0.717, 1.165) is 45.1 Å². The number of carbonyl (C=O) groups excluding carboxylic acids is 1. The summed E-state index contributed by atoms with van der Waals surface area (Å²) in [6.45, 7) is 1.52. The zero-order chi connectivity index (χ0) is 40.0. The minimum atomic E-state index is -4.86. The van der Waals surface area contributed by atoms with Crippen LogP contribution in [-0.2, 0) is 21.9 Å². The summed E-state index contributed by atoms with van der Waals surface area (Å²) in [5.74, 6) is -0.696. The number of ether oxygens (including phenoxy) is 1. The zero-order valence-electron chi connectivity index (χ0n) is 30.9. The Hall–Kier alpha value is -5.24. The molecule has 7 rings (SSSR count). The third-order valence-corrected chi connectivity index (χ3v) is 12.3. The minimum Gasteiger partial charge on any atom is -0.494 e. The van der Waals surface area contributed by atoms with Crippen molar-refractivity contribution in [1.29, 1.82) is 0 Å². The second-order valence-electron chi connectivity index (χ2n) is 14.0. The van der Waals surface area contributed by atoms with Gasteiger partial charge in [0.15, 0.2) is 0 Å². The molecule has 2 fully saturated rings. The highest BCUT2D eigenvalue weighted by atomic mass is 79.9. The van der Waals surface area contributed by atoms with Crippen LogP contribution in [0.15, 0.2) is 59.7 Å². The zero-order valence-corrected chi connectivity index (χ0v) is 33.3. The Balaban J connectivity index is 1.16. The predicted octanol–water partition coefficient (Wildman–Crippen LogP) is 6.25. The molecule has 0 bridgehead atoms. The van der Waals surface area contributed by atoms with Crippen LogP contribution >= 0.6 is 15.9 Å². The van der Waals surface area contributed by atoms with Gasteiger partial charge in [-0.1, -0.05) is 0 Å². The van der Waals surface area contributed by atoms with Crippen LogP contribution in [0, 0.1) is 5.41 Å². The summed E-state index contributed by atoms with van der Waals surface area (Å²) in [6.07, 6.45) is 7.09. The number of aryl methyl sites for hydroxylation is 1. The van der Waals surface area contributed by atoms with Gasteiger partial charge in [-0.05, 0) is 65.2 Å². The van der Waals surface area contributed by atoms with E-state index in [1.54, 1.807) is 36.3 Å². The molecule has 0 unspecified atom stereocenters. The Morgan fingerprint density at radius 3 is 2.32 bits per heavy atom. The van der Waals surface area contributed by atoms with Gasteiger partial charge in [0.2, 0.25) is 16.0 Å². The fraction of sp³-hybridized carbons (Fsp3) is 0.389. The van der Waals surface area contributed by atoms with Crippen LogP contribution in [0.5, 0.6) is 5.75 Å². The van der Waals surface area contributed by atoms with Gasteiger partial charge in [0.1, 0.15) is 22.8 Å². The van der Waals surface area contributed by atoms with E-state index in [1.165, 1.54) is 19.4 Å². The summed E-state index contributed by atoms with van der Waals surface area (Å²) >= 11 is 3.52. The van der Waals surface area contributed by atoms with E-state index < -0.39 is 22.1 Å². The van der Waals surface area contributed by atoms with Crippen molar-refractivity contribution in [1.82, 2.24) is 34.6 Å². The van der Waals surface area contributed by atoms with Crippen molar-refractivity contribution in [2.24, 2.45) is 12.5 Å². The van der Waals surface area contributed by atoms with E-state index in [2.05, 4.69) is 51.5 Å². The lowest BCUT2D eigenvalue weighted by atomic mass is 9.71. The van der Waals surface area contributed by atoms with E-state index in [4.69, 9.17) is 9.72 Å². The van der Waals surface area contributed by atoms with E-state index >= 15 is 0 Å². The van der Waals surface area contributed by atoms with Crippen LogP contribution in [-0.4, -0.2) is 102 Å². The molecular weight excluding hydrogens is 819 g/mol. The SMILES string of the molecule is COc1cc(N2CCC3(CCN(C(=O)C(F)(F)F)CC3)CC2)c(-c2cnn(C)c2)cc1Nc1ncc(Br)c(Nc2ccc3nccnc3c2N(C)S(C)(=O)=O)n1. The summed E-state index contributed by atoms with van der Waals surface area (Å²) in [4.78, 5) is 33.0. The van der Waals surface area contributed by atoms with Gasteiger partial charge in [0, 0.05) is 87.9 Å². The van der Waals surface area contributed by atoms with Crippen molar-refractivity contribution in [3.63, 3.8) is 0 Å². The average molecular weight is 859 g/mol. The molecule has 0 aliphatic carbocycles. The number of hydrogen-bond acceptors (Lipinski definition) is 12. The van der Waals surface area contributed by atoms with Crippen LogP contribution in [0.2, 0.25) is 0 Å². The number of halogens is 4. The van der Waals surface area contributed by atoms with Crippen molar-refractivity contribution in [2.75, 3.05) is 66.4 Å². The van der Waals surface area contributed by atoms with Gasteiger partial charge < -0.3 is 25.2 Å². The van der Waals surface area contributed by atoms with Crippen molar-refractivity contribution in [3.05, 3.63) is 59.7 Å². The Kier molecular flexibility index (Phi) is 10.5. The van der Waals surface area contributed by atoms with Crippen LogP contribution in [0.3, 0.4) is 0 Å². The second kappa shape index (κ2) is 15.0. The van der Waals surface area contributed by atoms with Crippen molar-refractivity contribution in [3.8, 4) is 16.9 Å². The lowest BCUT2D eigenvalue weighted by Crippen LogP contribution is -2.51. The topological polar surface area (TPSA) is 164 Å². The third kappa shape index (κ3) is 7.89. The van der Waals surface area contributed by atoms with E-state index in [1.807, 2.05) is 25.4 Å². The minimum absolute atomic E-state index is 0.0959. The molecule has 5 heterocycles. The van der Waals surface area contributed by atoms with Crippen LogP contribution < -0.4 is 24.6 Å². The van der Waals surface area contributed by atoms with Crippen LogP contribution in [0.25, 0.3) is 22.2 Å². The molecule has 3 aromatic heterocycles. The van der Waals surface area contributed by atoms with Crippen molar-refractivity contribution in [2.45, 2.75) is 31.9 Å². The summed E-state index contributed by atoms with van der Waals surface area (Å²) in [6, 6.07) is 7.32. The number of benzene rings is 2. The smallest absolute Gasteiger partial charge is 0.471 e. The van der Waals surface area contributed by atoms with Crippen LogP contribution in [0.4, 0.5) is 47.7 Å². The van der Waals surface area contributed by atoms with Crippen molar-refractivity contribution < 1.29 is 31.1 Å². The maximum Gasteiger partial charge on any atom is 0.471 e. The molecule has 296 valence electrons. The highest BCUT2D eigenvalue weighted by Gasteiger charge is 2.46. The molecule has 1 amide bonds. The number of fused-ring (bicyclic) bond motifs is 1. The van der Waals surface area contributed by atoms with Gasteiger partial charge >= 0.3 is 12.1 Å². The average Bonchev–Trinajstić information content (AvgIpc) is 3.61. The fourth-order valence-corrected chi connectivity index (χ4v) is 8.15. The molecule has 20 heteroatoms. The normalized spacial score (nSPS) is 15.9. The lowest BCUT2D eigenvalue weighted by Gasteiger charge is -2.47. The van der Waals surface area contributed by atoms with E-state index in [-0.39, 0.29) is 24.5 Å². The van der Waals surface area contributed by atoms with Gasteiger partial charge in [0.05, 0.1) is 40.9 Å². The standard InChI is InChI=1S/C36H39BrF3N11O4S/c1-48-21-22(19-44-48)23-17-27(29(55-3)18-28(23)50-13-7-35(8-14-50)9-15-51(16-10-35)33(52)36(38,39)40)46-34-43-20-24(37)32(47-34)45-26-6-5-25-30(42-12-11-41-25)31(26)49(2)56(4,53)54/h5-6,11-12,17-21H,7-10,13-16H2,1-4H3,(H2,43,45,46,47). The second-order valence-corrected chi connectivity index (χ2v) is 16.9. The third-order valence-electron chi connectivity index (χ3n) is 10.5. The molecule has 56 heavy (non-hydrogen) atoms. The van der Waals surface area contributed by atoms with E-state index in [9.17, 15) is 26.4 Å². The van der Waals surface area contributed by atoms with Crippen molar-refractivity contribution >= 4 is 77.4 Å². The Morgan fingerprint density at radius 1 is 0.982 bits per heavy atom. The molecule has 2 saturated heterocycles. The number of piperidine rings is 2. The molecule has 15 nitrogen and oxygen atoms in total. The Bertz CT molecular complexity index is 2400. The molecule has 2 N–H and O–H groups in total. The number of alkyl halides is 3. The number of amides is 1. The first-order valence-corrected chi connectivity index (χ1v) is 20.3. The number of nitrogens with zero attached hydrogens (tertiary/aromatic N) is 9. The number of nitrogens with one attached hydrogen (secondary N) is 2. The molecule has 2 aliphatic heterocycles. The molecule has 1 spiro atoms. The number of rotatable bonds is 9. The van der Waals surface area contributed by atoms with Gasteiger partial charge in [0.25, 0.3) is 0 Å². The molecule has 0 saturated carbocycles. The quantitative estimate of drug-likeness (QED) is 0.172. The first-order valence-electron chi connectivity index (χ1n) is 17.6. The molecule has 0 radical (unpaired) electrons. The van der Waals surface area contributed by atoms with Gasteiger partial charge in [-0.25, -0.2) is 13.4 Å². The number of sulfonamides is 1. The summed E-state index contributed by atoms with van der Waals surface area (Å²) < 4.78 is 73.8. The summed E-state index contributed by atoms with van der Waals surface area (Å²) in [5.41, 5.74) is 4.66. The van der Waals surface area contributed by atoms with Crippen LogP contribution in [0.1, 0.15) is 25.7 Å². The van der Waals surface area contributed by atoms with Gasteiger partial charge in [-0.2, -0.15) is 23.3 Å².